The molecular weight excluding hydrogens is 270 g/mol. The largest absolute Gasteiger partial charge is 0.373 e. The summed E-state index contributed by atoms with van der Waals surface area (Å²) in [6, 6.07) is 8.44. The molecule has 5 heteroatoms. The zero-order chi connectivity index (χ0) is 13.9. The SMILES string of the molecule is CC(C)CSCc1noc([C@@H]2Cc3ccccc3N2)n1. The van der Waals surface area contributed by atoms with E-state index >= 15 is 0 Å². The first-order chi connectivity index (χ1) is 9.72. The Balaban J connectivity index is 1.61. The highest BCUT2D eigenvalue weighted by molar-refractivity contribution is 7.98. The number of nitrogens with one attached hydrogen (secondary N) is 1. The summed E-state index contributed by atoms with van der Waals surface area (Å²) in [5.41, 5.74) is 2.48. The van der Waals surface area contributed by atoms with Crippen molar-refractivity contribution in [1.82, 2.24) is 10.1 Å². The van der Waals surface area contributed by atoms with Crippen LogP contribution in [0.2, 0.25) is 0 Å². The number of hydrogen-bond acceptors (Lipinski definition) is 5. The van der Waals surface area contributed by atoms with Gasteiger partial charge in [-0.3, -0.25) is 0 Å². The first kappa shape index (κ1) is 13.5. The monoisotopic (exact) mass is 289 g/mol. The average molecular weight is 289 g/mol. The van der Waals surface area contributed by atoms with Crippen molar-refractivity contribution >= 4 is 17.4 Å². The van der Waals surface area contributed by atoms with Gasteiger partial charge >= 0.3 is 0 Å². The van der Waals surface area contributed by atoms with Gasteiger partial charge in [0.05, 0.1) is 5.75 Å². The van der Waals surface area contributed by atoms with E-state index in [0.29, 0.717) is 11.8 Å². The molecule has 1 aliphatic rings. The van der Waals surface area contributed by atoms with Crippen molar-refractivity contribution in [3.8, 4) is 0 Å². The van der Waals surface area contributed by atoms with E-state index < -0.39 is 0 Å². The first-order valence-electron chi connectivity index (χ1n) is 6.97. The van der Waals surface area contributed by atoms with Crippen molar-refractivity contribution < 1.29 is 4.52 Å². The lowest BCUT2D eigenvalue weighted by atomic mass is 10.1. The van der Waals surface area contributed by atoms with Crippen LogP contribution in [0.5, 0.6) is 0 Å². The van der Waals surface area contributed by atoms with E-state index in [1.807, 2.05) is 17.8 Å². The van der Waals surface area contributed by atoms with Crippen molar-refractivity contribution in [2.24, 2.45) is 5.92 Å². The van der Waals surface area contributed by atoms with Gasteiger partial charge in [-0.05, 0) is 23.3 Å². The molecule has 0 radical (unpaired) electrons. The lowest BCUT2D eigenvalue weighted by Gasteiger charge is -2.04. The standard InChI is InChI=1S/C15H19N3OS/c1-10(2)8-20-9-14-17-15(19-18-14)13-7-11-5-3-4-6-12(11)16-13/h3-6,10,13,16H,7-9H2,1-2H3/t13-/m0/s1. The molecule has 4 nitrogen and oxygen atoms in total. The number of rotatable bonds is 5. The Bertz CT molecular complexity index is 557. The minimum Gasteiger partial charge on any atom is -0.373 e. The fraction of sp³-hybridized carbons (Fsp3) is 0.467. The summed E-state index contributed by atoms with van der Waals surface area (Å²) in [5, 5.41) is 7.51. The van der Waals surface area contributed by atoms with E-state index in [1.165, 1.54) is 11.3 Å². The van der Waals surface area contributed by atoms with Crippen LogP contribution >= 0.6 is 11.8 Å². The molecule has 1 aliphatic heterocycles. The van der Waals surface area contributed by atoms with Gasteiger partial charge < -0.3 is 9.84 Å². The number of anilines is 1. The summed E-state index contributed by atoms with van der Waals surface area (Å²) in [6.07, 6.45) is 0.914. The Kier molecular flexibility index (Phi) is 3.96. The second kappa shape index (κ2) is 5.87. The Labute approximate surface area is 123 Å². The van der Waals surface area contributed by atoms with Gasteiger partial charge in [0.2, 0.25) is 5.89 Å². The van der Waals surface area contributed by atoms with Gasteiger partial charge in [-0.2, -0.15) is 16.7 Å². The predicted octanol–water partition coefficient (Wildman–Crippen LogP) is 3.67. The average Bonchev–Trinajstić information content (AvgIpc) is 3.03. The summed E-state index contributed by atoms with van der Waals surface area (Å²) in [5.74, 6) is 4.13. The molecule has 0 bridgehead atoms. The van der Waals surface area contributed by atoms with Crippen molar-refractivity contribution in [2.45, 2.75) is 32.1 Å². The molecule has 1 aromatic heterocycles. The predicted molar refractivity (Wildman–Crippen MR) is 81.8 cm³/mol. The lowest BCUT2D eigenvalue weighted by Crippen LogP contribution is -2.06. The van der Waals surface area contributed by atoms with Gasteiger partial charge in [-0.25, -0.2) is 0 Å². The number of hydrogen-bond donors (Lipinski definition) is 1. The molecule has 1 atom stereocenters. The molecule has 0 spiro atoms. The fourth-order valence-electron chi connectivity index (χ4n) is 2.30. The summed E-state index contributed by atoms with van der Waals surface area (Å²) in [6.45, 7) is 4.43. The smallest absolute Gasteiger partial charge is 0.249 e. The van der Waals surface area contributed by atoms with E-state index in [0.717, 1.165) is 23.8 Å². The summed E-state index contributed by atoms with van der Waals surface area (Å²) in [7, 11) is 0. The normalized spacial score (nSPS) is 17.2. The number of nitrogens with zero attached hydrogens (tertiary/aromatic N) is 2. The third-order valence-corrected chi connectivity index (χ3v) is 4.60. The molecule has 20 heavy (non-hydrogen) atoms. The topological polar surface area (TPSA) is 51.0 Å². The molecule has 0 unspecified atom stereocenters. The van der Waals surface area contributed by atoms with Crippen LogP contribution in [0, 0.1) is 5.92 Å². The molecule has 0 fully saturated rings. The number of thioether (sulfide) groups is 1. The maximum Gasteiger partial charge on any atom is 0.249 e. The fourth-order valence-corrected chi connectivity index (χ4v) is 3.19. The number of fused-ring (bicyclic) bond motifs is 1. The molecule has 2 aromatic rings. The summed E-state index contributed by atoms with van der Waals surface area (Å²) < 4.78 is 5.40. The van der Waals surface area contributed by atoms with Crippen LogP contribution in [-0.4, -0.2) is 15.9 Å². The molecule has 0 amide bonds. The van der Waals surface area contributed by atoms with Crippen LogP contribution in [0.15, 0.2) is 28.8 Å². The zero-order valence-corrected chi connectivity index (χ0v) is 12.6. The number of benzene rings is 1. The quantitative estimate of drug-likeness (QED) is 0.910. The minimum absolute atomic E-state index is 0.115. The van der Waals surface area contributed by atoms with Crippen LogP contribution in [0.1, 0.15) is 37.2 Å². The van der Waals surface area contributed by atoms with Crippen LogP contribution in [0.4, 0.5) is 5.69 Å². The molecule has 106 valence electrons. The highest BCUT2D eigenvalue weighted by Crippen LogP contribution is 2.33. The van der Waals surface area contributed by atoms with E-state index in [9.17, 15) is 0 Å². The highest BCUT2D eigenvalue weighted by Gasteiger charge is 2.26. The lowest BCUT2D eigenvalue weighted by molar-refractivity contribution is 0.360. The third kappa shape index (κ3) is 2.98. The van der Waals surface area contributed by atoms with Gasteiger partial charge in [0, 0.05) is 12.1 Å². The van der Waals surface area contributed by atoms with Crippen molar-refractivity contribution in [3.63, 3.8) is 0 Å². The molecule has 0 aliphatic carbocycles. The van der Waals surface area contributed by atoms with Crippen LogP contribution < -0.4 is 5.32 Å². The Morgan fingerprint density at radius 2 is 2.25 bits per heavy atom. The van der Waals surface area contributed by atoms with Gasteiger partial charge in [0.15, 0.2) is 5.82 Å². The van der Waals surface area contributed by atoms with E-state index in [1.54, 1.807) is 0 Å². The van der Waals surface area contributed by atoms with Gasteiger partial charge in [-0.1, -0.05) is 37.2 Å². The Morgan fingerprint density at radius 1 is 1.40 bits per heavy atom. The minimum atomic E-state index is 0.115. The molecule has 2 heterocycles. The molecule has 1 N–H and O–H groups in total. The molecule has 3 rings (SSSR count). The third-order valence-electron chi connectivity index (χ3n) is 3.24. The van der Waals surface area contributed by atoms with Gasteiger partial charge in [-0.15, -0.1) is 0 Å². The second-order valence-electron chi connectivity index (χ2n) is 5.52. The first-order valence-corrected chi connectivity index (χ1v) is 8.12. The summed E-state index contributed by atoms with van der Waals surface area (Å²) >= 11 is 1.85. The van der Waals surface area contributed by atoms with Gasteiger partial charge in [0.1, 0.15) is 6.04 Å². The van der Waals surface area contributed by atoms with Crippen molar-refractivity contribution in [2.75, 3.05) is 11.1 Å². The Hall–Kier alpha value is -1.49. The van der Waals surface area contributed by atoms with Crippen molar-refractivity contribution in [3.05, 3.63) is 41.5 Å². The molecule has 0 saturated heterocycles. The van der Waals surface area contributed by atoms with E-state index in [-0.39, 0.29) is 6.04 Å². The van der Waals surface area contributed by atoms with Crippen LogP contribution in [-0.2, 0) is 12.2 Å². The maximum absolute atomic E-state index is 5.40. The summed E-state index contributed by atoms with van der Waals surface area (Å²) in [4.78, 5) is 4.51. The van der Waals surface area contributed by atoms with Crippen LogP contribution in [0.25, 0.3) is 0 Å². The Morgan fingerprint density at radius 3 is 3.05 bits per heavy atom. The van der Waals surface area contributed by atoms with Gasteiger partial charge in [0.25, 0.3) is 0 Å². The van der Waals surface area contributed by atoms with Crippen molar-refractivity contribution in [1.29, 1.82) is 0 Å². The van der Waals surface area contributed by atoms with Crippen LogP contribution in [0.3, 0.4) is 0 Å². The highest BCUT2D eigenvalue weighted by atomic mass is 32.2. The number of para-hydroxylation sites is 1. The van der Waals surface area contributed by atoms with E-state index in [2.05, 4.69) is 47.5 Å². The molecule has 0 saturated carbocycles. The van der Waals surface area contributed by atoms with E-state index in [4.69, 9.17) is 4.52 Å². The number of aromatic nitrogens is 2. The zero-order valence-electron chi connectivity index (χ0n) is 11.8. The molecule has 1 aromatic carbocycles. The second-order valence-corrected chi connectivity index (χ2v) is 6.55. The molecular formula is C15H19N3OS. The maximum atomic E-state index is 5.40.